The Morgan fingerprint density at radius 1 is 1.29 bits per heavy atom. The lowest BCUT2D eigenvalue weighted by molar-refractivity contribution is -0.148. The molecule has 0 spiro atoms. The van der Waals surface area contributed by atoms with Gasteiger partial charge in [-0.15, -0.1) is 0 Å². The van der Waals surface area contributed by atoms with Crippen LogP contribution in [0.1, 0.15) is 25.3 Å². The number of carboxylic acid groups (broad SMARTS) is 1. The van der Waals surface area contributed by atoms with Gasteiger partial charge in [0, 0.05) is 7.11 Å². The van der Waals surface area contributed by atoms with Crippen LogP contribution in [0.4, 0.5) is 0 Å². The maximum atomic E-state index is 11.7. The minimum atomic E-state index is -1.12. The van der Waals surface area contributed by atoms with Gasteiger partial charge in [-0.3, -0.25) is 4.79 Å². The first-order chi connectivity index (χ1) is 9.95. The van der Waals surface area contributed by atoms with E-state index in [1.807, 2.05) is 32.0 Å². The highest BCUT2D eigenvalue weighted by molar-refractivity contribution is 5.79. The quantitative estimate of drug-likeness (QED) is 0.757. The minimum absolute atomic E-state index is 0.0974. The minimum Gasteiger partial charge on any atom is -0.483 e. The number of benzene rings is 1. The van der Waals surface area contributed by atoms with Gasteiger partial charge in [-0.1, -0.05) is 32.0 Å². The molecule has 0 aliphatic heterocycles. The van der Waals surface area contributed by atoms with Crippen LogP contribution in [0.5, 0.6) is 5.75 Å². The van der Waals surface area contributed by atoms with Crippen molar-refractivity contribution in [3.63, 3.8) is 0 Å². The molecule has 0 bridgehead atoms. The SMILES string of the molecule is COC(CNC(=O)COc1ccccc1C(C)C)C(=O)O. The van der Waals surface area contributed by atoms with Gasteiger partial charge in [-0.25, -0.2) is 4.79 Å². The normalized spacial score (nSPS) is 12.0. The second-order valence-corrected chi connectivity index (χ2v) is 4.85. The zero-order valence-electron chi connectivity index (χ0n) is 12.5. The number of carbonyl (C=O) groups is 2. The molecular formula is C15H21NO5. The fourth-order valence-electron chi connectivity index (χ4n) is 1.76. The number of hydrogen-bond acceptors (Lipinski definition) is 4. The van der Waals surface area contributed by atoms with E-state index in [4.69, 9.17) is 14.6 Å². The Labute approximate surface area is 124 Å². The molecule has 0 aliphatic rings. The van der Waals surface area contributed by atoms with Crippen molar-refractivity contribution in [3.8, 4) is 5.75 Å². The number of methoxy groups -OCH3 is 1. The highest BCUT2D eigenvalue weighted by atomic mass is 16.5. The second kappa shape index (κ2) is 8.26. The summed E-state index contributed by atoms with van der Waals surface area (Å²) in [6.07, 6.45) is -1.06. The number of para-hydroxylation sites is 1. The smallest absolute Gasteiger partial charge is 0.334 e. The number of nitrogens with one attached hydrogen (secondary N) is 1. The number of aliphatic carboxylic acids is 1. The summed E-state index contributed by atoms with van der Waals surface area (Å²) in [4.78, 5) is 22.4. The number of hydrogen-bond donors (Lipinski definition) is 2. The van der Waals surface area contributed by atoms with Gasteiger partial charge in [0.2, 0.25) is 0 Å². The summed E-state index contributed by atoms with van der Waals surface area (Å²) in [7, 11) is 1.28. The van der Waals surface area contributed by atoms with Gasteiger partial charge in [-0.05, 0) is 17.5 Å². The Hall–Kier alpha value is -2.08. The molecule has 1 aromatic carbocycles. The van der Waals surface area contributed by atoms with E-state index in [1.165, 1.54) is 7.11 Å². The summed E-state index contributed by atoms with van der Waals surface area (Å²) in [5.41, 5.74) is 1.02. The van der Waals surface area contributed by atoms with Gasteiger partial charge >= 0.3 is 5.97 Å². The Bertz CT molecular complexity index is 487. The molecule has 2 N–H and O–H groups in total. The topological polar surface area (TPSA) is 84.9 Å². The fourth-order valence-corrected chi connectivity index (χ4v) is 1.76. The largest absolute Gasteiger partial charge is 0.483 e. The van der Waals surface area contributed by atoms with E-state index in [-0.39, 0.29) is 19.1 Å². The molecule has 1 amide bonds. The zero-order valence-corrected chi connectivity index (χ0v) is 12.5. The molecular weight excluding hydrogens is 274 g/mol. The number of ether oxygens (including phenoxy) is 2. The number of carboxylic acids is 1. The van der Waals surface area contributed by atoms with Crippen LogP contribution in [-0.2, 0) is 14.3 Å². The van der Waals surface area contributed by atoms with Gasteiger partial charge < -0.3 is 19.9 Å². The second-order valence-electron chi connectivity index (χ2n) is 4.85. The van der Waals surface area contributed by atoms with Gasteiger partial charge in [0.1, 0.15) is 5.75 Å². The van der Waals surface area contributed by atoms with Crippen molar-refractivity contribution in [2.75, 3.05) is 20.3 Å². The highest BCUT2D eigenvalue weighted by Gasteiger charge is 2.17. The van der Waals surface area contributed by atoms with Crippen LogP contribution < -0.4 is 10.1 Å². The van der Waals surface area contributed by atoms with Gasteiger partial charge in [-0.2, -0.15) is 0 Å². The molecule has 0 aromatic heterocycles. The van der Waals surface area contributed by atoms with E-state index >= 15 is 0 Å². The van der Waals surface area contributed by atoms with Gasteiger partial charge in [0.25, 0.3) is 5.91 Å². The standard InChI is InChI=1S/C15H21NO5/c1-10(2)11-6-4-5-7-12(11)21-9-14(17)16-8-13(20-3)15(18)19/h4-7,10,13H,8-9H2,1-3H3,(H,16,17)(H,18,19). The third-order valence-electron chi connectivity index (χ3n) is 2.94. The van der Waals surface area contributed by atoms with Crippen molar-refractivity contribution in [1.82, 2.24) is 5.32 Å². The van der Waals surface area contributed by atoms with Crippen molar-refractivity contribution in [1.29, 1.82) is 0 Å². The number of rotatable bonds is 8. The molecule has 1 atom stereocenters. The van der Waals surface area contributed by atoms with E-state index < -0.39 is 18.0 Å². The summed E-state index contributed by atoms with van der Waals surface area (Å²) in [6.45, 7) is 3.82. The van der Waals surface area contributed by atoms with E-state index in [0.29, 0.717) is 5.75 Å². The van der Waals surface area contributed by atoms with Crippen molar-refractivity contribution < 1.29 is 24.2 Å². The number of amides is 1. The van der Waals surface area contributed by atoms with Gasteiger partial charge in [0.05, 0.1) is 6.54 Å². The molecule has 0 saturated carbocycles. The van der Waals surface area contributed by atoms with E-state index in [9.17, 15) is 9.59 Å². The lowest BCUT2D eigenvalue weighted by Gasteiger charge is -2.14. The average Bonchev–Trinajstić information content (AvgIpc) is 2.45. The maximum absolute atomic E-state index is 11.7. The Morgan fingerprint density at radius 3 is 2.52 bits per heavy atom. The van der Waals surface area contributed by atoms with Crippen LogP contribution in [0.15, 0.2) is 24.3 Å². The van der Waals surface area contributed by atoms with Crippen LogP contribution in [0, 0.1) is 0 Å². The molecule has 0 heterocycles. The van der Waals surface area contributed by atoms with Crippen molar-refractivity contribution in [2.45, 2.75) is 25.9 Å². The first-order valence-electron chi connectivity index (χ1n) is 6.69. The third-order valence-corrected chi connectivity index (χ3v) is 2.94. The predicted octanol–water partition coefficient (Wildman–Crippen LogP) is 1.40. The predicted molar refractivity (Wildman–Crippen MR) is 77.5 cm³/mol. The number of carbonyl (C=O) groups excluding carboxylic acids is 1. The molecule has 21 heavy (non-hydrogen) atoms. The lowest BCUT2D eigenvalue weighted by Crippen LogP contribution is -2.39. The molecule has 116 valence electrons. The highest BCUT2D eigenvalue weighted by Crippen LogP contribution is 2.25. The molecule has 1 unspecified atom stereocenters. The molecule has 0 radical (unpaired) electrons. The summed E-state index contributed by atoms with van der Waals surface area (Å²) in [6, 6.07) is 7.50. The molecule has 6 nitrogen and oxygen atoms in total. The Kier molecular flexibility index (Phi) is 6.68. The lowest BCUT2D eigenvalue weighted by atomic mass is 10.0. The molecule has 0 fully saturated rings. The van der Waals surface area contributed by atoms with Crippen LogP contribution in [0.3, 0.4) is 0 Å². The van der Waals surface area contributed by atoms with Crippen LogP contribution in [0.25, 0.3) is 0 Å². The summed E-state index contributed by atoms with van der Waals surface area (Å²) >= 11 is 0. The van der Waals surface area contributed by atoms with Crippen molar-refractivity contribution in [3.05, 3.63) is 29.8 Å². The monoisotopic (exact) mass is 295 g/mol. The maximum Gasteiger partial charge on any atom is 0.334 e. The Balaban J connectivity index is 2.48. The van der Waals surface area contributed by atoms with Gasteiger partial charge in [0.15, 0.2) is 12.7 Å². The summed E-state index contributed by atoms with van der Waals surface area (Å²) in [5.74, 6) is -0.570. The fraction of sp³-hybridized carbons (Fsp3) is 0.467. The summed E-state index contributed by atoms with van der Waals surface area (Å²) in [5, 5.41) is 11.2. The molecule has 1 rings (SSSR count). The van der Waals surface area contributed by atoms with E-state index in [0.717, 1.165) is 5.56 Å². The van der Waals surface area contributed by atoms with Crippen molar-refractivity contribution in [2.24, 2.45) is 0 Å². The van der Waals surface area contributed by atoms with E-state index in [1.54, 1.807) is 6.07 Å². The molecule has 1 aromatic rings. The molecule has 6 heteroatoms. The van der Waals surface area contributed by atoms with Crippen LogP contribution in [0.2, 0.25) is 0 Å². The zero-order chi connectivity index (χ0) is 15.8. The first kappa shape index (κ1) is 17.0. The first-order valence-corrected chi connectivity index (χ1v) is 6.69. The average molecular weight is 295 g/mol. The molecule has 0 saturated heterocycles. The van der Waals surface area contributed by atoms with E-state index in [2.05, 4.69) is 5.32 Å². The summed E-state index contributed by atoms with van der Waals surface area (Å²) < 4.78 is 10.2. The molecule has 0 aliphatic carbocycles. The third kappa shape index (κ3) is 5.43. The van der Waals surface area contributed by atoms with Crippen LogP contribution >= 0.6 is 0 Å². The Morgan fingerprint density at radius 2 is 1.95 bits per heavy atom. The van der Waals surface area contributed by atoms with Crippen LogP contribution in [-0.4, -0.2) is 43.3 Å². The van der Waals surface area contributed by atoms with Crippen molar-refractivity contribution >= 4 is 11.9 Å².